The summed E-state index contributed by atoms with van der Waals surface area (Å²) in [4.78, 5) is 0. The van der Waals surface area contributed by atoms with Gasteiger partial charge in [-0.1, -0.05) is 26.7 Å². The summed E-state index contributed by atoms with van der Waals surface area (Å²) in [6.45, 7) is 2.19. The van der Waals surface area contributed by atoms with E-state index in [1.165, 1.54) is 44.9 Å². The summed E-state index contributed by atoms with van der Waals surface area (Å²) >= 11 is 0. The predicted molar refractivity (Wildman–Crippen MR) is 80.4 cm³/mol. The minimum absolute atomic E-state index is 0. The second-order valence-electron chi connectivity index (χ2n) is 5.74. The van der Waals surface area contributed by atoms with E-state index < -0.39 is 0 Å². The van der Waals surface area contributed by atoms with Crippen molar-refractivity contribution in [3.8, 4) is 0 Å². The summed E-state index contributed by atoms with van der Waals surface area (Å²) in [6, 6.07) is 0. The number of ether oxygens (including phenoxy) is 3. The minimum atomic E-state index is -0.238. The average Bonchev–Trinajstić information content (AvgIpc) is 2.88. The largest absolute Gasteiger partial charge is 0.379 e. The van der Waals surface area contributed by atoms with Gasteiger partial charge in [0, 0.05) is 34.2 Å². The van der Waals surface area contributed by atoms with Crippen molar-refractivity contribution in [3.63, 3.8) is 0 Å². The van der Waals surface area contributed by atoms with Crippen LogP contribution < -0.4 is 0 Å². The van der Waals surface area contributed by atoms with Gasteiger partial charge in [-0.25, -0.2) is 0 Å². The van der Waals surface area contributed by atoms with Crippen LogP contribution in [0, 0.1) is 0 Å². The molecule has 0 N–H and O–H groups in total. The smallest absolute Gasteiger partial charge is 0.167 e. The lowest BCUT2D eigenvalue weighted by molar-refractivity contribution is -0.222. The lowest BCUT2D eigenvalue weighted by atomic mass is 9.94. The maximum Gasteiger partial charge on any atom is 0.167 e. The van der Waals surface area contributed by atoms with Crippen LogP contribution in [0.1, 0.15) is 72.1 Å². The van der Waals surface area contributed by atoms with Crippen molar-refractivity contribution in [2.45, 2.75) is 83.5 Å². The molecule has 2 fully saturated rings. The molecule has 0 amide bonds. The number of hydrogen-bond donors (Lipinski definition) is 0. The van der Waals surface area contributed by atoms with Crippen LogP contribution in [0.3, 0.4) is 0 Å². The van der Waals surface area contributed by atoms with E-state index in [0.717, 1.165) is 12.8 Å². The fourth-order valence-electron chi connectivity index (χ4n) is 2.91. The summed E-state index contributed by atoms with van der Waals surface area (Å²) in [5.41, 5.74) is 0.236. The van der Waals surface area contributed by atoms with Crippen molar-refractivity contribution >= 4 is 0 Å². The summed E-state index contributed by atoms with van der Waals surface area (Å²) in [5, 5.41) is 0. The third-order valence-corrected chi connectivity index (χ3v) is 4.51. The van der Waals surface area contributed by atoms with Gasteiger partial charge in [0.1, 0.15) is 0 Å². The Kier molecular flexibility index (Phi) is 8.88. The maximum absolute atomic E-state index is 5.31. The summed E-state index contributed by atoms with van der Waals surface area (Å²) in [6.07, 6.45) is 11.1. The Bertz CT molecular complexity index is 210. The molecule has 0 aliphatic heterocycles. The number of hydrogen-bond acceptors (Lipinski definition) is 3. The minimum Gasteiger partial charge on any atom is -0.379 e. The molecule has 0 unspecified atom stereocenters. The summed E-state index contributed by atoms with van der Waals surface area (Å²) < 4.78 is 15.9. The molecule has 0 bridgehead atoms. The van der Waals surface area contributed by atoms with E-state index in [9.17, 15) is 0 Å². The first-order valence-electron chi connectivity index (χ1n) is 7.25. The average molecular weight is 274 g/mol. The molecule has 2 aliphatic rings. The fourth-order valence-corrected chi connectivity index (χ4v) is 2.91. The Morgan fingerprint density at radius 1 is 0.632 bits per heavy atom. The van der Waals surface area contributed by atoms with E-state index in [1.807, 2.05) is 7.11 Å². The van der Waals surface area contributed by atoms with Crippen LogP contribution in [0.15, 0.2) is 0 Å². The molecule has 116 valence electrons. The van der Waals surface area contributed by atoms with E-state index in [1.54, 1.807) is 14.2 Å². The van der Waals surface area contributed by atoms with Gasteiger partial charge in [-0.15, -0.1) is 0 Å². The van der Waals surface area contributed by atoms with Crippen LogP contribution in [0.25, 0.3) is 0 Å². The molecule has 0 spiro atoms. The van der Waals surface area contributed by atoms with Crippen LogP contribution in [-0.2, 0) is 14.2 Å². The molecule has 0 heterocycles. The highest BCUT2D eigenvalue weighted by Crippen LogP contribution is 2.31. The first kappa shape index (κ1) is 18.9. The van der Waals surface area contributed by atoms with Crippen LogP contribution in [-0.4, -0.2) is 32.7 Å². The Morgan fingerprint density at radius 2 is 1.05 bits per heavy atom. The maximum atomic E-state index is 5.31. The van der Waals surface area contributed by atoms with Crippen molar-refractivity contribution in [1.29, 1.82) is 0 Å². The van der Waals surface area contributed by atoms with Crippen molar-refractivity contribution in [1.82, 2.24) is 0 Å². The molecule has 0 aromatic carbocycles. The number of rotatable bonds is 3. The monoisotopic (exact) mass is 274 g/mol. The van der Waals surface area contributed by atoms with Gasteiger partial charge in [0.2, 0.25) is 0 Å². The van der Waals surface area contributed by atoms with Crippen LogP contribution in [0.2, 0.25) is 0 Å². The first-order valence-corrected chi connectivity index (χ1v) is 7.25. The summed E-state index contributed by atoms with van der Waals surface area (Å²) in [7, 11) is 5.27. The molecule has 2 aliphatic carbocycles. The van der Waals surface area contributed by atoms with E-state index in [0.29, 0.717) is 0 Å². The Morgan fingerprint density at radius 3 is 1.32 bits per heavy atom. The first-order chi connectivity index (χ1) is 8.60. The SMILES string of the molecule is C.COC1(C)CCCC1.COC1(OC)CCCCC1. The lowest BCUT2D eigenvalue weighted by Gasteiger charge is -2.34. The topological polar surface area (TPSA) is 27.7 Å². The van der Waals surface area contributed by atoms with Crippen molar-refractivity contribution < 1.29 is 14.2 Å². The van der Waals surface area contributed by atoms with Crippen molar-refractivity contribution in [3.05, 3.63) is 0 Å². The van der Waals surface area contributed by atoms with Crippen molar-refractivity contribution in [2.75, 3.05) is 21.3 Å². The molecule has 0 radical (unpaired) electrons. The van der Waals surface area contributed by atoms with E-state index in [-0.39, 0.29) is 18.8 Å². The second kappa shape index (κ2) is 8.93. The Balaban J connectivity index is 0.000000331. The molecular weight excluding hydrogens is 240 g/mol. The lowest BCUT2D eigenvalue weighted by Crippen LogP contribution is -2.35. The second-order valence-corrected chi connectivity index (χ2v) is 5.74. The Hall–Kier alpha value is -0.120. The Labute approximate surface area is 120 Å². The molecule has 0 aromatic rings. The highest BCUT2D eigenvalue weighted by atomic mass is 16.7. The quantitative estimate of drug-likeness (QED) is 0.707. The van der Waals surface area contributed by atoms with Crippen LogP contribution >= 0.6 is 0 Å². The zero-order valence-electron chi connectivity index (χ0n) is 12.6. The van der Waals surface area contributed by atoms with Gasteiger partial charge in [0.25, 0.3) is 0 Å². The molecule has 2 rings (SSSR count). The standard InChI is InChI=1S/C8H16O2.C7H14O.CH4/c1-9-8(10-2)6-4-3-5-7-8;1-7(8-2)5-3-4-6-7;/h3-7H2,1-2H3;3-6H2,1-2H3;1H4. The zero-order valence-corrected chi connectivity index (χ0v) is 12.6. The van der Waals surface area contributed by atoms with Crippen molar-refractivity contribution in [2.24, 2.45) is 0 Å². The normalized spacial score (nSPS) is 24.0. The van der Waals surface area contributed by atoms with Gasteiger partial charge < -0.3 is 14.2 Å². The molecule has 0 atom stereocenters. The predicted octanol–water partition coefficient (Wildman–Crippen LogP) is 4.54. The van der Waals surface area contributed by atoms with Crippen LogP contribution in [0.4, 0.5) is 0 Å². The molecule has 0 saturated heterocycles. The molecular formula is C16H34O3. The third kappa shape index (κ3) is 5.80. The van der Waals surface area contributed by atoms with Gasteiger partial charge in [0.15, 0.2) is 5.79 Å². The highest BCUT2D eigenvalue weighted by molar-refractivity contribution is 4.80. The van der Waals surface area contributed by atoms with Crippen LogP contribution in [0.5, 0.6) is 0 Å². The van der Waals surface area contributed by atoms with E-state index >= 15 is 0 Å². The zero-order chi connectivity index (χ0) is 13.5. The van der Waals surface area contributed by atoms with E-state index in [4.69, 9.17) is 14.2 Å². The van der Waals surface area contributed by atoms with Gasteiger partial charge in [-0.3, -0.25) is 0 Å². The molecule has 0 aromatic heterocycles. The van der Waals surface area contributed by atoms with Gasteiger partial charge in [0.05, 0.1) is 5.60 Å². The van der Waals surface area contributed by atoms with Gasteiger partial charge >= 0.3 is 0 Å². The van der Waals surface area contributed by atoms with E-state index in [2.05, 4.69) is 6.92 Å². The number of methoxy groups -OCH3 is 3. The van der Waals surface area contributed by atoms with Gasteiger partial charge in [-0.2, -0.15) is 0 Å². The highest BCUT2D eigenvalue weighted by Gasteiger charge is 2.31. The summed E-state index contributed by atoms with van der Waals surface area (Å²) in [5.74, 6) is -0.238. The molecule has 2 saturated carbocycles. The van der Waals surface area contributed by atoms with Gasteiger partial charge in [-0.05, 0) is 32.6 Å². The third-order valence-electron chi connectivity index (χ3n) is 4.51. The fraction of sp³-hybridized carbons (Fsp3) is 1.00. The molecule has 19 heavy (non-hydrogen) atoms. The molecule has 3 heteroatoms. The molecule has 3 nitrogen and oxygen atoms in total.